The maximum atomic E-state index is 12.8. The molecule has 0 heterocycles. The largest absolute Gasteiger partial charge is 0.476 e. The van der Waals surface area contributed by atoms with Gasteiger partial charge in [0.2, 0.25) is 9.84 Å². The molecular formula is C20H25N3O5S. The molecule has 2 aromatic carbocycles. The van der Waals surface area contributed by atoms with Crippen LogP contribution >= 0.6 is 0 Å². The van der Waals surface area contributed by atoms with Gasteiger partial charge in [0.15, 0.2) is 5.60 Å². The van der Waals surface area contributed by atoms with Crippen molar-refractivity contribution in [2.75, 3.05) is 20.7 Å². The van der Waals surface area contributed by atoms with Crippen molar-refractivity contribution in [3.05, 3.63) is 48.5 Å². The van der Waals surface area contributed by atoms with Crippen molar-refractivity contribution < 1.29 is 22.7 Å². The number of carbonyl (C=O) groups is 1. The first-order valence-electron chi connectivity index (χ1n) is 8.96. The molecule has 0 bridgehead atoms. The number of sulfone groups is 1. The summed E-state index contributed by atoms with van der Waals surface area (Å²) in [4.78, 5) is 12.2. The van der Waals surface area contributed by atoms with Crippen molar-refractivity contribution in [3.8, 4) is 5.75 Å². The molecule has 2 aromatic rings. The second-order valence-electron chi connectivity index (χ2n) is 6.84. The molecule has 0 saturated carbocycles. The summed E-state index contributed by atoms with van der Waals surface area (Å²) in [5.41, 5.74) is -0.643. The summed E-state index contributed by atoms with van der Waals surface area (Å²) < 4.78 is 36.3. The summed E-state index contributed by atoms with van der Waals surface area (Å²) in [6.07, 6.45) is 0. The van der Waals surface area contributed by atoms with Gasteiger partial charge in [-0.1, -0.05) is 5.22 Å². The lowest BCUT2D eigenvalue weighted by atomic mass is 10.1. The Hall–Kier alpha value is -2.94. The molecule has 9 heteroatoms. The Bertz CT molecular complexity index is 966. The van der Waals surface area contributed by atoms with Crippen LogP contribution in [-0.2, 0) is 19.4 Å². The summed E-state index contributed by atoms with van der Waals surface area (Å²) >= 11 is 0. The highest BCUT2D eigenvalue weighted by Crippen LogP contribution is 2.26. The van der Waals surface area contributed by atoms with Gasteiger partial charge in [0.25, 0.3) is 0 Å². The van der Waals surface area contributed by atoms with Crippen molar-refractivity contribution in [1.29, 1.82) is 0 Å². The van der Waals surface area contributed by atoms with Crippen molar-refractivity contribution >= 4 is 21.5 Å². The van der Waals surface area contributed by atoms with Crippen LogP contribution in [-0.4, -0.2) is 45.7 Å². The average Bonchev–Trinajstić information content (AvgIpc) is 2.67. The highest BCUT2D eigenvalue weighted by Gasteiger charge is 2.31. The molecule has 0 aliphatic carbocycles. The third kappa shape index (κ3) is 5.77. The van der Waals surface area contributed by atoms with Crippen molar-refractivity contribution in [2.45, 2.75) is 36.2 Å². The molecule has 8 nitrogen and oxygen atoms in total. The van der Waals surface area contributed by atoms with Gasteiger partial charge in [0.05, 0.1) is 22.1 Å². The third-order valence-electron chi connectivity index (χ3n) is 3.76. The van der Waals surface area contributed by atoms with Gasteiger partial charge in [0.1, 0.15) is 5.75 Å². The lowest BCUT2D eigenvalue weighted by Crippen LogP contribution is -2.39. The second-order valence-corrected chi connectivity index (χ2v) is 8.79. The van der Waals surface area contributed by atoms with Crippen LogP contribution in [0.15, 0.2) is 68.7 Å². The normalized spacial score (nSPS) is 12.0. The average molecular weight is 420 g/mol. The Kier molecular flexibility index (Phi) is 6.97. The number of rotatable bonds is 8. The van der Waals surface area contributed by atoms with E-state index in [2.05, 4.69) is 10.3 Å². The van der Waals surface area contributed by atoms with Gasteiger partial charge in [-0.3, -0.25) is 5.01 Å². The van der Waals surface area contributed by atoms with Gasteiger partial charge in [-0.15, -0.1) is 5.11 Å². The van der Waals surface area contributed by atoms with Crippen molar-refractivity contribution in [1.82, 2.24) is 5.01 Å². The van der Waals surface area contributed by atoms with Gasteiger partial charge in [-0.2, -0.15) is 0 Å². The first-order valence-corrected chi connectivity index (χ1v) is 10.4. The highest BCUT2D eigenvalue weighted by molar-refractivity contribution is 7.91. The Morgan fingerprint density at radius 2 is 1.52 bits per heavy atom. The summed E-state index contributed by atoms with van der Waals surface area (Å²) in [6, 6.07) is 12.0. The van der Waals surface area contributed by atoms with Gasteiger partial charge in [-0.05, 0) is 69.3 Å². The van der Waals surface area contributed by atoms with Gasteiger partial charge < -0.3 is 9.47 Å². The van der Waals surface area contributed by atoms with Crippen LogP contribution in [0.2, 0.25) is 0 Å². The maximum Gasteiger partial charge on any atom is 0.349 e. The zero-order chi connectivity index (χ0) is 21.7. The van der Waals surface area contributed by atoms with E-state index < -0.39 is 21.4 Å². The predicted octanol–water partition coefficient (Wildman–Crippen LogP) is 3.80. The van der Waals surface area contributed by atoms with E-state index in [0.29, 0.717) is 11.4 Å². The van der Waals surface area contributed by atoms with E-state index in [9.17, 15) is 13.2 Å². The second kappa shape index (κ2) is 9.04. The number of carbonyl (C=O) groups excluding carboxylic acids is 1. The fourth-order valence-electron chi connectivity index (χ4n) is 2.30. The highest BCUT2D eigenvalue weighted by atomic mass is 32.2. The van der Waals surface area contributed by atoms with E-state index in [1.807, 2.05) is 0 Å². The van der Waals surface area contributed by atoms with E-state index in [0.717, 1.165) is 0 Å². The molecule has 156 valence electrons. The monoisotopic (exact) mass is 419 g/mol. The number of hydrogen-bond donors (Lipinski definition) is 0. The summed E-state index contributed by atoms with van der Waals surface area (Å²) in [5.74, 6) is -0.135. The molecule has 0 unspecified atom stereocenters. The van der Waals surface area contributed by atoms with Crippen molar-refractivity contribution in [3.63, 3.8) is 0 Å². The smallest absolute Gasteiger partial charge is 0.349 e. The van der Waals surface area contributed by atoms with Crippen molar-refractivity contribution in [2.24, 2.45) is 10.3 Å². The number of esters is 1. The quantitative estimate of drug-likeness (QED) is 0.367. The van der Waals surface area contributed by atoms with Crippen LogP contribution in [0.3, 0.4) is 0 Å². The number of hydrogen-bond acceptors (Lipinski definition) is 7. The van der Waals surface area contributed by atoms with E-state index in [-0.39, 0.29) is 16.4 Å². The Labute approximate surface area is 171 Å². The molecular weight excluding hydrogens is 394 g/mol. The molecule has 0 N–H and O–H groups in total. The molecule has 0 fully saturated rings. The van der Waals surface area contributed by atoms with Crippen LogP contribution < -0.4 is 4.74 Å². The van der Waals surface area contributed by atoms with Gasteiger partial charge in [0, 0.05) is 14.1 Å². The molecule has 0 saturated heterocycles. The fraction of sp³-hybridized carbons (Fsp3) is 0.350. The zero-order valence-corrected chi connectivity index (χ0v) is 17.9. The third-order valence-corrected chi connectivity index (χ3v) is 5.55. The molecule has 0 aliphatic rings. The molecule has 0 aromatic heterocycles. The van der Waals surface area contributed by atoms with E-state index in [1.54, 1.807) is 47.0 Å². The number of ether oxygens (including phenoxy) is 2. The van der Waals surface area contributed by atoms with E-state index in [4.69, 9.17) is 9.47 Å². The van der Waals surface area contributed by atoms with Crippen LogP contribution in [0.5, 0.6) is 5.75 Å². The molecule has 0 spiro atoms. The van der Waals surface area contributed by atoms with Crippen LogP contribution in [0, 0.1) is 0 Å². The summed E-state index contributed by atoms with van der Waals surface area (Å²) in [7, 11) is -0.223. The van der Waals surface area contributed by atoms with Gasteiger partial charge in [-0.25, -0.2) is 13.2 Å². The van der Waals surface area contributed by atoms with E-state index >= 15 is 0 Å². The van der Waals surface area contributed by atoms with Crippen LogP contribution in [0.1, 0.15) is 20.8 Å². The molecule has 0 radical (unpaired) electrons. The standard InChI is InChI=1S/C20H25N3O5S/c1-6-27-19(24)20(2,3)28-16-9-13-18(14-10-16)29(25,26)17-11-7-15(8-12-17)21-22-23(4)5/h7-14H,6H2,1-5H3. The fourth-order valence-corrected chi connectivity index (χ4v) is 3.56. The Balaban J connectivity index is 2.19. The first kappa shape index (κ1) is 22.4. The Morgan fingerprint density at radius 1 is 1.00 bits per heavy atom. The minimum Gasteiger partial charge on any atom is -0.476 e. The molecule has 0 amide bonds. The van der Waals surface area contributed by atoms with Crippen LogP contribution in [0.25, 0.3) is 0 Å². The SMILES string of the molecule is CCOC(=O)C(C)(C)Oc1ccc(S(=O)(=O)c2ccc(N=NN(C)C)cc2)cc1. The van der Waals surface area contributed by atoms with Crippen LogP contribution in [0.4, 0.5) is 5.69 Å². The summed E-state index contributed by atoms with van der Waals surface area (Å²) in [5, 5.41) is 9.39. The molecule has 2 rings (SSSR count). The predicted molar refractivity (Wildman–Crippen MR) is 108 cm³/mol. The topological polar surface area (TPSA) is 97.6 Å². The molecule has 29 heavy (non-hydrogen) atoms. The molecule has 0 atom stereocenters. The summed E-state index contributed by atoms with van der Waals surface area (Å²) in [6.45, 7) is 5.14. The van der Waals surface area contributed by atoms with Gasteiger partial charge >= 0.3 is 5.97 Å². The number of nitrogens with zero attached hydrogens (tertiary/aromatic N) is 3. The Morgan fingerprint density at radius 3 is 2.00 bits per heavy atom. The minimum absolute atomic E-state index is 0.112. The zero-order valence-electron chi connectivity index (χ0n) is 17.1. The maximum absolute atomic E-state index is 12.8. The first-order chi connectivity index (χ1) is 13.6. The lowest BCUT2D eigenvalue weighted by molar-refractivity contribution is -0.158. The minimum atomic E-state index is -3.70. The van der Waals surface area contributed by atoms with E-state index in [1.165, 1.54) is 41.4 Å². The lowest BCUT2D eigenvalue weighted by Gasteiger charge is -2.24. The molecule has 0 aliphatic heterocycles. The number of benzene rings is 2.